The minimum absolute atomic E-state index is 0.117. The largest absolute Gasteiger partial charge is 0.361 e. The lowest BCUT2D eigenvalue weighted by molar-refractivity contribution is 0.253. The van der Waals surface area contributed by atoms with Gasteiger partial charge in [0, 0.05) is 24.7 Å². The first-order valence-corrected chi connectivity index (χ1v) is 8.72. The zero-order valence-corrected chi connectivity index (χ0v) is 13.6. The van der Waals surface area contributed by atoms with Crippen molar-refractivity contribution < 1.29 is 12.9 Å². The first-order valence-electron chi connectivity index (χ1n) is 7.28. The van der Waals surface area contributed by atoms with Crippen LogP contribution in [0.2, 0.25) is 0 Å². The molecule has 1 aromatic heterocycles. The van der Waals surface area contributed by atoms with Gasteiger partial charge in [0.05, 0.1) is 11.7 Å². The summed E-state index contributed by atoms with van der Waals surface area (Å²) in [4.78, 5) is 0. The van der Waals surface area contributed by atoms with Gasteiger partial charge in [-0.05, 0) is 33.6 Å². The molecule has 1 aliphatic rings. The Balaban J connectivity index is 2.17. The summed E-state index contributed by atoms with van der Waals surface area (Å²) >= 11 is 0. The van der Waals surface area contributed by atoms with E-state index in [0.29, 0.717) is 24.5 Å². The van der Waals surface area contributed by atoms with E-state index in [1.165, 1.54) is 4.31 Å². The number of piperidine rings is 1. The van der Waals surface area contributed by atoms with Crippen LogP contribution in [0.15, 0.2) is 4.52 Å². The van der Waals surface area contributed by atoms with E-state index < -0.39 is 10.2 Å². The topological polar surface area (TPSA) is 101 Å². The smallest absolute Gasteiger partial charge is 0.280 e. The summed E-state index contributed by atoms with van der Waals surface area (Å²) in [5.41, 5.74) is 7.20. The minimum Gasteiger partial charge on any atom is -0.361 e. The molecule has 0 saturated carbocycles. The highest BCUT2D eigenvalue weighted by Crippen LogP contribution is 2.24. The van der Waals surface area contributed by atoms with Crippen molar-refractivity contribution in [3.63, 3.8) is 0 Å². The third-order valence-electron chi connectivity index (χ3n) is 4.00. The Morgan fingerprint density at radius 3 is 2.76 bits per heavy atom. The number of hydrogen-bond acceptors (Lipinski definition) is 5. The van der Waals surface area contributed by atoms with Gasteiger partial charge in [-0.25, -0.2) is 0 Å². The van der Waals surface area contributed by atoms with Crippen LogP contribution in [0.5, 0.6) is 0 Å². The Labute approximate surface area is 126 Å². The summed E-state index contributed by atoms with van der Waals surface area (Å²) < 4.78 is 34.5. The Hall–Kier alpha value is -0.960. The van der Waals surface area contributed by atoms with Crippen molar-refractivity contribution in [1.29, 1.82) is 0 Å². The molecule has 2 unspecified atom stereocenters. The number of aromatic nitrogens is 1. The maximum atomic E-state index is 12.6. The van der Waals surface area contributed by atoms with Gasteiger partial charge in [0.25, 0.3) is 10.2 Å². The molecule has 1 aromatic rings. The Kier molecular flexibility index (Phi) is 5.03. The number of nitrogens with two attached hydrogens (primary N) is 1. The molecule has 1 fully saturated rings. The van der Waals surface area contributed by atoms with Gasteiger partial charge >= 0.3 is 0 Å². The third kappa shape index (κ3) is 3.45. The molecule has 2 rings (SSSR count). The zero-order valence-electron chi connectivity index (χ0n) is 12.8. The predicted molar refractivity (Wildman–Crippen MR) is 79.8 cm³/mol. The lowest BCUT2D eigenvalue weighted by Crippen LogP contribution is -2.52. The predicted octanol–water partition coefficient (Wildman–Crippen LogP) is 1.00. The Morgan fingerprint density at radius 1 is 1.48 bits per heavy atom. The quantitative estimate of drug-likeness (QED) is 0.844. The van der Waals surface area contributed by atoms with Crippen molar-refractivity contribution in [2.45, 2.75) is 52.1 Å². The highest BCUT2D eigenvalue weighted by atomic mass is 32.2. The molecular formula is C13H24N4O3S. The molecule has 8 heteroatoms. The maximum absolute atomic E-state index is 12.6. The molecular weight excluding hydrogens is 292 g/mol. The van der Waals surface area contributed by atoms with Crippen molar-refractivity contribution in [2.24, 2.45) is 5.73 Å². The Bertz CT molecular complexity index is 565. The molecule has 0 bridgehead atoms. The zero-order chi connectivity index (χ0) is 15.6. The van der Waals surface area contributed by atoms with Crippen LogP contribution in [0.25, 0.3) is 0 Å². The highest BCUT2D eigenvalue weighted by Gasteiger charge is 2.33. The van der Waals surface area contributed by atoms with Gasteiger partial charge in [0.2, 0.25) is 0 Å². The van der Waals surface area contributed by atoms with E-state index in [9.17, 15) is 8.42 Å². The molecule has 1 saturated heterocycles. The summed E-state index contributed by atoms with van der Waals surface area (Å²) in [6.07, 6.45) is 2.71. The molecule has 2 atom stereocenters. The summed E-state index contributed by atoms with van der Waals surface area (Å²) in [5, 5.41) is 3.87. The maximum Gasteiger partial charge on any atom is 0.280 e. The number of nitrogens with one attached hydrogen (secondary N) is 1. The standard InChI is InChI=1S/C13H24N4O3S/c1-9-13(11(3)20-15-9)10(2)16-21(18,19)17-7-5-4-6-12(17)8-14/h10,12,16H,4-8,14H2,1-3H3. The van der Waals surface area contributed by atoms with Crippen LogP contribution in [-0.2, 0) is 10.2 Å². The molecule has 0 aromatic carbocycles. The fourth-order valence-electron chi connectivity index (χ4n) is 2.98. The lowest BCUT2D eigenvalue weighted by Gasteiger charge is -2.34. The minimum atomic E-state index is -3.57. The van der Waals surface area contributed by atoms with Crippen LogP contribution in [0.1, 0.15) is 49.2 Å². The van der Waals surface area contributed by atoms with Gasteiger partial charge in [-0.15, -0.1) is 0 Å². The number of aryl methyl sites for hydroxylation is 2. The molecule has 0 radical (unpaired) electrons. The molecule has 21 heavy (non-hydrogen) atoms. The van der Waals surface area contributed by atoms with Crippen LogP contribution >= 0.6 is 0 Å². The molecule has 0 aliphatic carbocycles. The second kappa shape index (κ2) is 6.43. The second-order valence-electron chi connectivity index (χ2n) is 5.58. The van der Waals surface area contributed by atoms with Crippen molar-refractivity contribution in [3.8, 4) is 0 Å². The van der Waals surface area contributed by atoms with Gasteiger partial charge in [-0.3, -0.25) is 0 Å². The van der Waals surface area contributed by atoms with Crippen LogP contribution in [0.3, 0.4) is 0 Å². The van der Waals surface area contributed by atoms with E-state index in [-0.39, 0.29) is 12.1 Å². The molecule has 0 spiro atoms. The monoisotopic (exact) mass is 316 g/mol. The first-order chi connectivity index (χ1) is 9.86. The summed E-state index contributed by atoms with van der Waals surface area (Å²) in [7, 11) is -3.57. The molecule has 3 N–H and O–H groups in total. The average Bonchev–Trinajstić information content (AvgIpc) is 2.77. The van der Waals surface area contributed by atoms with E-state index in [2.05, 4.69) is 9.88 Å². The molecule has 2 heterocycles. The van der Waals surface area contributed by atoms with E-state index in [1.54, 1.807) is 20.8 Å². The number of nitrogens with zero attached hydrogens (tertiary/aromatic N) is 2. The third-order valence-corrected chi connectivity index (χ3v) is 5.75. The van der Waals surface area contributed by atoms with Gasteiger partial charge in [-0.1, -0.05) is 11.6 Å². The van der Waals surface area contributed by atoms with Gasteiger partial charge in [0.15, 0.2) is 0 Å². The summed E-state index contributed by atoms with van der Waals surface area (Å²) in [5.74, 6) is 0.636. The summed E-state index contributed by atoms with van der Waals surface area (Å²) in [6, 6.07) is -0.505. The summed E-state index contributed by atoms with van der Waals surface area (Å²) in [6.45, 7) is 6.25. The Morgan fingerprint density at radius 2 is 2.19 bits per heavy atom. The van der Waals surface area contributed by atoms with Crippen molar-refractivity contribution in [1.82, 2.24) is 14.2 Å². The molecule has 1 aliphatic heterocycles. The van der Waals surface area contributed by atoms with Crippen LogP contribution < -0.4 is 10.5 Å². The highest BCUT2D eigenvalue weighted by molar-refractivity contribution is 7.87. The molecule has 0 amide bonds. The average molecular weight is 316 g/mol. The van der Waals surface area contributed by atoms with Gasteiger partial charge < -0.3 is 10.3 Å². The van der Waals surface area contributed by atoms with E-state index in [1.807, 2.05) is 0 Å². The number of rotatable bonds is 5. The van der Waals surface area contributed by atoms with E-state index in [4.69, 9.17) is 10.3 Å². The fourth-order valence-corrected chi connectivity index (χ4v) is 4.64. The number of hydrogen-bond donors (Lipinski definition) is 2. The van der Waals surface area contributed by atoms with Crippen LogP contribution in [0, 0.1) is 13.8 Å². The first kappa shape index (κ1) is 16.4. The normalized spacial score (nSPS) is 22.4. The molecule has 120 valence electrons. The van der Waals surface area contributed by atoms with Crippen molar-refractivity contribution in [3.05, 3.63) is 17.0 Å². The van der Waals surface area contributed by atoms with E-state index in [0.717, 1.165) is 24.8 Å². The van der Waals surface area contributed by atoms with Gasteiger partial charge in [-0.2, -0.15) is 17.4 Å². The van der Waals surface area contributed by atoms with Crippen molar-refractivity contribution >= 4 is 10.2 Å². The second-order valence-corrected chi connectivity index (χ2v) is 7.23. The van der Waals surface area contributed by atoms with Gasteiger partial charge in [0.1, 0.15) is 5.76 Å². The van der Waals surface area contributed by atoms with Crippen LogP contribution in [-0.4, -0.2) is 37.0 Å². The lowest BCUT2D eigenvalue weighted by atomic mass is 10.1. The van der Waals surface area contributed by atoms with Crippen LogP contribution in [0.4, 0.5) is 0 Å². The van der Waals surface area contributed by atoms with E-state index >= 15 is 0 Å². The SMILES string of the molecule is Cc1noc(C)c1C(C)NS(=O)(=O)N1CCCCC1CN. The fraction of sp³-hybridized carbons (Fsp3) is 0.769. The van der Waals surface area contributed by atoms with Crippen molar-refractivity contribution in [2.75, 3.05) is 13.1 Å². The molecule has 7 nitrogen and oxygen atoms in total.